The molecular weight excluding hydrogens is 654 g/mol. The van der Waals surface area contributed by atoms with E-state index in [1.165, 1.54) is 0 Å². The van der Waals surface area contributed by atoms with Crippen molar-refractivity contribution in [2.24, 2.45) is 10.9 Å². The maximum absolute atomic E-state index is 13.3. The largest absolute Gasteiger partial charge is 0.493 e. The molecule has 0 aliphatic carbocycles. The number of carbonyl (C=O) groups excluding carboxylic acids is 2. The summed E-state index contributed by atoms with van der Waals surface area (Å²) >= 11 is 0. The summed E-state index contributed by atoms with van der Waals surface area (Å²) in [4.78, 5) is 34.4. The molecule has 2 N–H and O–H groups in total. The standard InChI is InChI=1S/C37H52BN4O7P/c1-7-11-38(12-8-15-48-33-20-28(39-3)26(18-31(33)46-4)36(44)41-14-10-25(23-41)50-6)13-9-16-49-34-21-29-27(19-32(34)47-5)37(45)42-22-24(2)17-30(42)35(43)40-29/h18-21,24-25,40,43,50H,3,7-17,22-23H2,1-2,4-6H3. The fourth-order valence-electron chi connectivity index (χ4n) is 7.24. The Morgan fingerprint density at radius 2 is 1.72 bits per heavy atom. The second-order valence-electron chi connectivity index (χ2n) is 13.5. The Kier molecular flexibility index (Phi) is 13.0. The Hall–Kier alpha value is -3.92. The number of nitrogens with zero attached hydrogens (tertiary/aromatic N) is 3. The molecule has 0 aromatic heterocycles. The number of anilines is 1. The van der Waals surface area contributed by atoms with Crippen molar-refractivity contribution in [2.75, 3.05) is 59.0 Å². The molecule has 0 bridgehead atoms. The molecule has 3 aliphatic rings. The van der Waals surface area contributed by atoms with Crippen molar-refractivity contribution >= 4 is 45.2 Å². The summed E-state index contributed by atoms with van der Waals surface area (Å²) in [6, 6.07) is 6.94. The number of hydrogen-bond donors (Lipinski definition) is 2. The van der Waals surface area contributed by atoms with Gasteiger partial charge in [-0.25, -0.2) is 0 Å². The second-order valence-corrected chi connectivity index (χ2v) is 14.9. The molecule has 50 heavy (non-hydrogen) atoms. The van der Waals surface area contributed by atoms with E-state index in [0.29, 0.717) is 89.7 Å². The zero-order valence-corrected chi connectivity index (χ0v) is 31.2. The van der Waals surface area contributed by atoms with Crippen molar-refractivity contribution in [1.82, 2.24) is 9.80 Å². The van der Waals surface area contributed by atoms with E-state index in [2.05, 4.69) is 37.5 Å². The molecule has 13 heteroatoms. The zero-order valence-electron chi connectivity index (χ0n) is 30.2. The summed E-state index contributed by atoms with van der Waals surface area (Å²) in [5.74, 6) is 2.19. The maximum Gasteiger partial charge on any atom is 0.260 e. The molecule has 0 spiro atoms. The van der Waals surface area contributed by atoms with E-state index in [1.807, 2.05) is 4.90 Å². The molecule has 3 heterocycles. The van der Waals surface area contributed by atoms with Crippen molar-refractivity contribution in [3.63, 3.8) is 0 Å². The minimum Gasteiger partial charge on any atom is -0.493 e. The van der Waals surface area contributed by atoms with Crippen LogP contribution in [0.5, 0.6) is 23.0 Å². The van der Waals surface area contributed by atoms with Crippen LogP contribution in [0.25, 0.3) is 0 Å². The molecule has 270 valence electrons. The van der Waals surface area contributed by atoms with Gasteiger partial charge in [0.2, 0.25) is 5.88 Å². The smallest absolute Gasteiger partial charge is 0.260 e. The van der Waals surface area contributed by atoms with Gasteiger partial charge in [-0.3, -0.25) is 14.6 Å². The number of methoxy groups -OCH3 is 2. The molecule has 3 atom stereocenters. The van der Waals surface area contributed by atoms with E-state index in [1.54, 1.807) is 43.4 Å². The van der Waals surface area contributed by atoms with Crippen LogP contribution in [0.3, 0.4) is 0 Å². The minimum atomic E-state index is -0.154. The van der Waals surface area contributed by atoms with Crippen molar-refractivity contribution in [3.05, 3.63) is 47.0 Å². The normalized spacial score (nSPS) is 18.5. The van der Waals surface area contributed by atoms with E-state index in [0.717, 1.165) is 66.3 Å². The third-order valence-electron chi connectivity index (χ3n) is 9.96. The topological polar surface area (TPSA) is 122 Å². The number of aliphatic hydroxyl groups is 1. The van der Waals surface area contributed by atoms with Crippen molar-refractivity contribution in [1.29, 1.82) is 0 Å². The highest BCUT2D eigenvalue weighted by molar-refractivity contribution is 7.38. The molecule has 2 aromatic carbocycles. The lowest BCUT2D eigenvalue weighted by Gasteiger charge is -2.19. The Morgan fingerprint density at radius 1 is 1.04 bits per heavy atom. The Labute approximate surface area is 298 Å². The third kappa shape index (κ3) is 8.51. The van der Waals surface area contributed by atoms with Crippen LogP contribution >= 0.6 is 8.58 Å². The van der Waals surface area contributed by atoms with Gasteiger partial charge in [0.15, 0.2) is 23.0 Å². The molecule has 11 nitrogen and oxygen atoms in total. The number of benzene rings is 2. The maximum atomic E-state index is 13.3. The molecule has 0 radical (unpaired) electrons. The summed E-state index contributed by atoms with van der Waals surface area (Å²) in [6.07, 6.45) is 7.60. The molecule has 2 aromatic rings. The number of rotatable bonds is 17. The first kappa shape index (κ1) is 37.3. The lowest BCUT2D eigenvalue weighted by atomic mass is 9.41. The highest BCUT2D eigenvalue weighted by Gasteiger charge is 2.36. The first-order chi connectivity index (χ1) is 24.2. The van der Waals surface area contributed by atoms with Gasteiger partial charge in [-0.1, -0.05) is 39.2 Å². The summed E-state index contributed by atoms with van der Waals surface area (Å²) in [6.45, 7) is 13.8. The number of allylic oxidation sites excluding steroid dienone is 1. The van der Waals surface area contributed by atoms with Crippen molar-refractivity contribution < 1.29 is 33.6 Å². The molecule has 0 saturated carbocycles. The third-order valence-corrected chi connectivity index (χ3v) is 11.2. The number of likely N-dealkylation sites (tertiary alicyclic amines) is 1. The number of nitrogens with one attached hydrogen (secondary N) is 1. The molecule has 5 rings (SSSR count). The fourth-order valence-corrected chi connectivity index (χ4v) is 8.06. The van der Waals surface area contributed by atoms with Crippen LogP contribution in [0.2, 0.25) is 19.0 Å². The monoisotopic (exact) mass is 706 g/mol. The lowest BCUT2D eigenvalue weighted by molar-refractivity contribution is 0.0791. The number of fused-ring (bicyclic) bond motifs is 2. The lowest BCUT2D eigenvalue weighted by Crippen LogP contribution is -2.29. The van der Waals surface area contributed by atoms with Gasteiger partial charge < -0.3 is 39.2 Å². The molecule has 2 amide bonds. The molecule has 3 aliphatic heterocycles. The fraction of sp³-hybridized carbons (Fsp3) is 0.541. The highest BCUT2D eigenvalue weighted by Crippen LogP contribution is 2.40. The predicted octanol–water partition coefficient (Wildman–Crippen LogP) is 7.34. The molecule has 2 fully saturated rings. The highest BCUT2D eigenvalue weighted by atomic mass is 31.1. The van der Waals surface area contributed by atoms with Gasteiger partial charge in [-0.2, -0.15) is 0 Å². The summed E-state index contributed by atoms with van der Waals surface area (Å²) in [7, 11) is 3.97. The van der Waals surface area contributed by atoms with E-state index < -0.39 is 0 Å². The summed E-state index contributed by atoms with van der Waals surface area (Å²) in [5.41, 5.74) is 3.15. The van der Waals surface area contributed by atoms with Gasteiger partial charge in [0.25, 0.3) is 11.8 Å². The average molecular weight is 707 g/mol. The molecular formula is C37H52BN4O7P. The Balaban J connectivity index is 1.13. The van der Waals surface area contributed by atoms with Crippen LogP contribution < -0.4 is 24.3 Å². The quantitative estimate of drug-likeness (QED) is 0.0759. The Bertz CT molecular complexity index is 1590. The van der Waals surface area contributed by atoms with E-state index in [-0.39, 0.29) is 23.6 Å². The number of amides is 2. The number of carbonyl (C=O) groups is 2. The van der Waals surface area contributed by atoms with Gasteiger partial charge in [0.05, 0.1) is 55.6 Å². The van der Waals surface area contributed by atoms with Gasteiger partial charge in [-0.15, -0.1) is 8.58 Å². The average Bonchev–Trinajstić information content (AvgIpc) is 3.76. The van der Waals surface area contributed by atoms with E-state index in [9.17, 15) is 14.7 Å². The van der Waals surface area contributed by atoms with Crippen LogP contribution in [0.4, 0.5) is 11.4 Å². The van der Waals surface area contributed by atoms with Gasteiger partial charge in [0.1, 0.15) is 6.71 Å². The summed E-state index contributed by atoms with van der Waals surface area (Å²) < 4.78 is 23.6. The van der Waals surface area contributed by atoms with Gasteiger partial charge in [0, 0.05) is 31.8 Å². The predicted molar refractivity (Wildman–Crippen MR) is 203 cm³/mol. The van der Waals surface area contributed by atoms with Crippen LogP contribution in [-0.4, -0.2) is 99.5 Å². The summed E-state index contributed by atoms with van der Waals surface area (Å²) in [5, 5.41) is 13.8. The van der Waals surface area contributed by atoms with Crippen molar-refractivity contribution in [2.45, 2.75) is 70.6 Å². The van der Waals surface area contributed by atoms with E-state index >= 15 is 0 Å². The molecule has 2 saturated heterocycles. The first-order valence-electron chi connectivity index (χ1n) is 17.8. The van der Waals surface area contributed by atoms with Crippen LogP contribution in [0, 0.1) is 5.92 Å². The number of aliphatic hydroxyl groups excluding tert-OH is 1. The Morgan fingerprint density at radius 3 is 2.34 bits per heavy atom. The van der Waals surface area contributed by atoms with Gasteiger partial charge >= 0.3 is 0 Å². The first-order valence-corrected chi connectivity index (χ1v) is 19.4. The second kappa shape index (κ2) is 17.3. The van der Waals surface area contributed by atoms with Crippen molar-refractivity contribution in [3.8, 4) is 23.0 Å². The van der Waals surface area contributed by atoms with Crippen LogP contribution in [0.1, 0.15) is 66.7 Å². The zero-order chi connectivity index (χ0) is 35.8. The van der Waals surface area contributed by atoms with E-state index in [4.69, 9.17) is 18.9 Å². The van der Waals surface area contributed by atoms with Crippen LogP contribution in [0.15, 0.2) is 40.8 Å². The number of hydrogen-bond acceptors (Lipinski definition) is 9. The number of ether oxygens (including phenoxy) is 4. The van der Waals surface area contributed by atoms with Crippen LogP contribution in [-0.2, 0) is 0 Å². The molecule has 3 unspecified atom stereocenters. The van der Waals surface area contributed by atoms with Gasteiger partial charge in [-0.05, 0) is 62.8 Å². The number of aliphatic imine (C=N–C) groups is 1. The SMILES string of the molecule is C=Nc1cc(OCCCB(CCC)CCCOc2cc3c(cc2OC)C(=O)N2CC(C)CC2=C(O)N3)c(OC)cc1C(=O)N1CCC(PC)C1. The minimum absolute atomic E-state index is 0.00941.